The molecule has 0 spiro atoms. The van der Waals surface area contributed by atoms with Crippen LogP contribution in [0.5, 0.6) is 5.75 Å². The first-order valence-corrected chi connectivity index (χ1v) is 4.14. The van der Waals surface area contributed by atoms with Gasteiger partial charge in [0.2, 0.25) is 0 Å². The molecule has 0 atom stereocenters. The van der Waals surface area contributed by atoms with Gasteiger partial charge in [-0.15, -0.1) is 0 Å². The Morgan fingerprint density at radius 2 is 2.00 bits per heavy atom. The highest BCUT2D eigenvalue weighted by Gasteiger charge is 2.22. The van der Waals surface area contributed by atoms with Crippen LogP contribution < -0.4 is 4.74 Å². The predicted molar refractivity (Wildman–Crippen MR) is 47.9 cm³/mol. The van der Waals surface area contributed by atoms with Gasteiger partial charge in [-0.25, -0.2) is 13.2 Å². The Balaban J connectivity index is 3.47. The van der Waals surface area contributed by atoms with E-state index in [9.17, 15) is 18.0 Å². The van der Waals surface area contributed by atoms with Crippen LogP contribution >= 0.6 is 0 Å². The van der Waals surface area contributed by atoms with Crippen molar-refractivity contribution in [3.63, 3.8) is 0 Å². The molecule has 1 aromatic rings. The van der Waals surface area contributed by atoms with E-state index in [0.29, 0.717) is 0 Å². The van der Waals surface area contributed by atoms with E-state index in [1.807, 2.05) is 0 Å². The number of alkyl halides is 2. The number of carbonyl (C=O) groups is 1. The molecule has 0 amide bonds. The monoisotopic (exact) mass is 218 g/mol. The van der Waals surface area contributed by atoms with Crippen molar-refractivity contribution in [1.82, 2.24) is 0 Å². The molecule has 1 aromatic carbocycles. The molecular formula is C10H9F3O2. The fourth-order valence-electron chi connectivity index (χ4n) is 1.28. The van der Waals surface area contributed by atoms with Gasteiger partial charge in [-0.2, -0.15) is 0 Å². The number of rotatable bonds is 3. The van der Waals surface area contributed by atoms with Gasteiger partial charge in [0.15, 0.2) is 5.78 Å². The van der Waals surface area contributed by atoms with Crippen LogP contribution in [0.3, 0.4) is 0 Å². The van der Waals surface area contributed by atoms with E-state index in [0.717, 1.165) is 26.2 Å². The average Bonchev–Trinajstić information content (AvgIpc) is 2.15. The van der Waals surface area contributed by atoms with Gasteiger partial charge in [-0.05, 0) is 13.0 Å². The maximum absolute atomic E-state index is 12.9. The number of Topliss-reactive ketones (excluding diaryl/α,β-unsaturated/α-hetero) is 1. The third-order valence-corrected chi connectivity index (χ3v) is 1.92. The van der Waals surface area contributed by atoms with E-state index in [1.54, 1.807) is 0 Å². The standard InChI is InChI=1S/C10H9F3O2/c1-5(14)7-3-6(11)4-8(15-2)9(7)10(12)13/h3-4,10H,1-2H3. The molecule has 0 aliphatic rings. The number of carbonyl (C=O) groups excluding carboxylic acids is 1. The summed E-state index contributed by atoms with van der Waals surface area (Å²) in [5.41, 5.74) is -0.909. The smallest absolute Gasteiger partial charge is 0.268 e. The summed E-state index contributed by atoms with van der Waals surface area (Å²) in [6, 6.07) is 1.61. The van der Waals surface area contributed by atoms with Gasteiger partial charge in [0.1, 0.15) is 11.6 Å². The van der Waals surface area contributed by atoms with Crippen molar-refractivity contribution >= 4 is 5.78 Å². The maximum atomic E-state index is 12.9. The zero-order chi connectivity index (χ0) is 11.6. The lowest BCUT2D eigenvalue weighted by Gasteiger charge is -2.11. The molecule has 0 radical (unpaired) electrons. The normalized spacial score (nSPS) is 10.5. The van der Waals surface area contributed by atoms with E-state index in [-0.39, 0.29) is 11.3 Å². The molecule has 0 aliphatic heterocycles. The molecule has 0 unspecified atom stereocenters. The molecule has 0 aliphatic carbocycles. The van der Waals surface area contributed by atoms with Crippen LogP contribution in [0.4, 0.5) is 13.2 Å². The molecule has 2 nitrogen and oxygen atoms in total. The number of hydrogen-bond donors (Lipinski definition) is 0. The first-order chi connectivity index (χ1) is 6.97. The minimum Gasteiger partial charge on any atom is -0.496 e. The number of methoxy groups -OCH3 is 1. The Labute approximate surface area is 84.7 Å². The molecule has 0 saturated carbocycles. The molecule has 0 bridgehead atoms. The van der Waals surface area contributed by atoms with Crippen molar-refractivity contribution < 1.29 is 22.7 Å². The number of benzene rings is 1. The van der Waals surface area contributed by atoms with Gasteiger partial charge in [-0.1, -0.05) is 0 Å². The van der Waals surface area contributed by atoms with Crippen LogP contribution in [-0.4, -0.2) is 12.9 Å². The number of ether oxygens (including phenoxy) is 1. The summed E-state index contributed by atoms with van der Waals surface area (Å²) < 4.78 is 42.8. The lowest BCUT2D eigenvalue weighted by molar-refractivity contribution is 0.0995. The van der Waals surface area contributed by atoms with Crippen LogP contribution in [0.25, 0.3) is 0 Å². The SMILES string of the molecule is COc1cc(F)cc(C(C)=O)c1C(F)F. The Morgan fingerprint density at radius 1 is 1.40 bits per heavy atom. The fraction of sp³-hybridized carbons (Fsp3) is 0.300. The van der Waals surface area contributed by atoms with E-state index >= 15 is 0 Å². The summed E-state index contributed by atoms with van der Waals surface area (Å²) in [7, 11) is 1.14. The maximum Gasteiger partial charge on any atom is 0.268 e. The quantitative estimate of drug-likeness (QED) is 0.729. The van der Waals surface area contributed by atoms with Crippen LogP contribution in [0.2, 0.25) is 0 Å². The Hall–Kier alpha value is -1.52. The van der Waals surface area contributed by atoms with Gasteiger partial charge in [0.25, 0.3) is 6.43 Å². The van der Waals surface area contributed by atoms with Gasteiger partial charge < -0.3 is 4.74 Å². The summed E-state index contributed by atoms with van der Waals surface area (Å²) in [4.78, 5) is 11.0. The summed E-state index contributed by atoms with van der Waals surface area (Å²) in [5.74, 6) is -1.71. The van der Waals surface area contributed by atoms with Gasteiger partial charge in [0, 0.05) is 11.6 Å². The highest BCUT2D eigenvalue weighted by molar-refractivity contribution is 5.96. The Bertz CT molecular complexity index is 388. The van der Waals surface area contributed by atoms with Crippen molar-refractivity contribution in [1.29, 1.82) is 0 Å². The molecule has 5 heteroatoms. The van der Waals surface area contributed by atoms with Crippen LogP contribution in [0, 0.1) is 5.82 Å². The zero-order valence-corrected chi connectivity index (χ0v) is 8.18. The molecular weight excluding hydrogens is 209 g/mol. The summed E-state index contributed by atoms with van der Waals surface area (Å²) in [6.07, 6.45) is -2.88. The highest BCUT2D eigenvalue weighted by Crippen LogP contribution is 2.33. The van der Waals surface area contributed by atoms with Gasteiger partial charge in [0.05, 0.1) is 12.7 Å². The minimum atomic E-state index is -2.88. The number of halogens is 3. The van der Waals surface area contributed by atoms with E-state index < -0.39 is 23.6 Å². The molecule has 15 heavy (non-hydrogen) atoms. The fourth-order valence-corrected chi connectivity index (χ4v) is 1.28. The van der Waals surface area contributed by atoms with Gasteiger partial charge in [-0.3, -0.25) is 4.79 Å². The summed E-state index contributed by atoms with van der Waals surface area (Å²) >= 11 is 0. The summed E-state index contributed by atoms with van der Waals surface area (Å²) in [5, 5.41) is 0. The molecule has 0 heterocycles. The van der Waals surface area contributed by atoms with E-state index in [4.69, 9.17) is 0 Å². The molecule has 0 N–H and O–H groups in total. The molecule has 82 valence electrons. The van der Waals surface area contributed by atoms with Crippen LogP contribution in [0.15, 0.2) is 12.1 Å². The zero-order valence-electron chi connectivity index (χ0n) is 8.18. The Morgan fingerprint density at radius 3 is 2.40 bits per heavy atom. The minimum absolute atomic E-state index is 0.310. The van der Waals surface area contributed by atoms with E-state index in [1.165, 1.54) is 0 Å². The third-order valence-electron chi connectivity index (χ3n) is 1.92. The van der Waals surface area contributed by atoms with Crippen LogP contribution in [0.1, 0.15) is 29.3 Å². The average molecular weight is 218 g/mol. The second-order valence-electron chi connectivity index (χ2n) is 2.93. The predicted octanol–water partition coefficient (Wildman–Crippen LogP) is 2.97. The second-order valence-corrected chi connectivity index (χ2v) is 2.93. The van der Waals surface area contributed by atoms with E-state index in [2.05, 4.69) is 4.74 Å². The third kappa shape index (κ3) is 2.29. The molecule has 0 saturated heterocycles. The number of hydrogen-bond acceptors (Lipinski definition) is 2. The number of ketones is 1. The van der Waals surface area contributed by atoms with Crippen LogP contribution in [-0.2, 0) is 0 Å². The van der Waals surface area contributed by atoms with Crippen molar-refractivity contribution in [3.05, 3.63) is 29.1 Å². The highest BCUT2D eigenvalue weighted by atomic mass is 19.3. The molecule has 1 rings (SSSR count). The largest absolute Gasteiger partial charge is 0.496 e. The first kappa shape index (κ1) is 11.6. The summed E-state index contributed by atoms with van der Waals surface area (Å²) in [6.45, 7) is 1.10. The van der Waals surface area contributed by atoms with Crippen molar-refractivity contribution in [2.45, 2.75) is 13.3 Å². The van der Waals surface area contributed by atoms with Crippen molar-refractivity contribution in [2.75, 3.05) is 7.11 Å². The first-order valence-electron chi connectivity index (χ1n) is 4.14. The Kier molecular flexibility index (Phi) is 3.34. The van der Waals surface area contributed by atoms with Crippen molar-refractivity contribution in [2.24, 2.45) is 0 Å². The molecule has 0 fully saturated rings. The van der Waals surface area contributed by atoms with Gasteiger partial charge >= 0.3 is 0 Å². The van der Waals surface area contributed by atoms with Crippen molar-refractivity contribution in [3.8, 4) is 5.75 Å². The topological polar surface area (TPSA) is 26.3 Å². The lowest BCUT2D eigenvalue weighted by atomic mass is 10.0. The second kappa shape index (κ2) is 4.33. The molecule has 0 aromatic heterocycles. The lowest BCUT2D eigenvalue weighted by Crippen LogP contribution is -2.04.